The third-order valence-corrected chi connectivity index (χ3v) is 3.32. The van der Waals surface area contributed by atoms with Crippen molar-refractivity contribution < 1.29 is 9.18 Å². The standard InChI is InChI=1S/C18H13FO/c1-12-8-16(11-17(19)9-12)18(20)15-7-6-13-4-2-3-5-14(13)10-15/h2-11H,1H3. The van der Waals surface area contributed by atoms with Crippen LogP contribution in [0.2, 0.25) is 0 Å². The molecule has 0 saturated heterocycles. The van der Waals surface area contributed by atoms with Crippen LogP contribution < -0.4 is 0 Å². The Labute approximate surface area is 116 Å². The normalized spacial score (nSPS) is 10.7. The minimum atomic E-state index is -0.380. The lowest BCUT2D eigenvalue weighted by atomic mass is 9.99. The molecular weight excluding hydrogens is 251 g/mol. The molecule has 0 aromatic heterocycles. The van der Waals surface area contributed by atoms with Gasteiger partial charge in [0.15, 0.2) is 5.78 Å². The number of fused-ring (bicyclic) bond motifs is 1. The minimum absolute atomic E-state index is 0.154. The largest absolute Gasteiger partial charge is 0.289 e. The van der Waals surface area contributed by atoms with E-state index in [0.717, 1.165) is 16.3 Å². The zero-order valence-electron chi connectivity index (χ0n) is 11.1. The molecule has 0 bridgehead atoms. The van der Waals surface area contributed by atoms with Crippen LogP contribution >= 0.6 is 0 Å². The van der Waals surface area contributed by atoms with Gasteiger partial charge in [-0.1, -0.05) is 36.4 Å². The average molecular weight is 264 g/mol. The number of rotatable bonds is 2. The van der Waals surface area contributed by atoms with E-state index in [1.807, 2.05) is 36.4 Å². The van der Waals surface area contributed by atoms with Gasteiger partial charge in [-0.15, -0.1) is 0 Å². The molecule has 0 N–H and O–H groups in total. The van der Waals surface area contributed by atoms with Gasteiger partial charge in [0.1, 0.15) is 5.82 Å². The molecule has 0 aliphatic rings. The van der Waals surface area contributed by atoms with Crippen molar-refractivity contribution >= 4 is 16.6 Å². The summed E-state index contributed by atoms with van der Waals surface area (Å²) in [6.07, 6.45) is 0. The number of ketones is 1. The van der Waals surface area contributed by atoms with Crippen molar-refractivity contribution in [1.29, 1.82) is 0 Å². The molecule has 0 saturated carbocycles. The number of aryl methyl sites for hydroxylation is 1. The Balaban J connectivity index is 2.07. The second-order valence-corrected chi connectivity index (χ2v) is 4.91. The molecule has 1 nitrogen and oxygen atoms in total. The summed E-state index contributed by atoms with van der Waals surface area (Å²) in [5.74, 6) is -0.535. The third kappa shape index (κ3) is 2.32. The summed E-state index contributed by atoms with van der Waals surface area (Å²) in [6.45, 7) is 1.78. The van der Waals surface area contributed by atoms with Crippen LogP contribution in [-0.4, -0.2) is 5.78 Å². The fourth-order valence-electron chi connectivity index (χ4n) is 2.36. The lowest BCUT2D eigenvalue weighted by Crippen LogP contribution is -2.02. The quantitative estimate of drug-likeness (QED) is 0.622. The van der Waals surface area contributed by atoms with Crippen LogP contribution in [0.5, 0.6) is 0 Å². The zero-order valence-corrected chi connectivity index (χ0v) is 11.1. The maximum absolute atomic E-state index is 13.4. The molecule has 0 radical (unpaired) electrons. The fraction of sp³-hybridized carbons (Fsp3) is 0.0556. The molecule has 20 heavy (non-hydrogen) atoms. The van der Waals surface area contributed by atoms with Crippen LogP contribution in [0, 0.1) is 12.7 Å². The number of carbonyl (C=O) groups excluding carboxylic acids is 1. The maximum atomic E-state index is 13.4. The Morgan fingerprint density at radius 2 is 1.60 bits per heavy atom. The molecule has 3 aromatic carbocycles. The van der Waals surface area contributed by atoms with E-state index in [1.165, 1.54) is 12.1 Å². The number of hydrogen-bond acceptors (Lipinski definition) is 1. The Hall–Kier alpha value is -2.48. The molecule has 98 valence electrons. The van der Waals surface area contributed by atoms with Gasteiger partial charge in [-0.3, -0.25) is 4.79 Å². The summed E-state index contributed by atoms with van der Waals surface area (Å²) in [6, 6.07) is 17.8. The Kier molecular flexibility index (Phi) is 3.07. The summed E-state index contributed by atoms with van der Waals surface area (Å²) >= 11 is 0. The monoisotopic (exact) mass is 264 g/mol. The van der Waals surface area contributed by atoms with Crippen molar-refractivity contribution in [1.82, 2.24) is 0 Å². The van der Waals surface area contributed by atoms with Crippen LogP contribution in [-0.2, 0) is 0 Å². The first-order valence-electron chi connectivity index (χ1n) is 6.44. The van der Waals surface area contributed by atoms with E-state index < -0.39 is 0 Å². The van der Waals surface area contributed by atoms with Crippen LogP contribution in [0.1, 0.15) is 21.5 Å². The van der Waals surface area contributed by atoms with Crippen LogP contribution in [0.3, 0.4) is 0 Å². The molecule has 3 rings (SSSR count). The highest BCUT2D eigenvalue weighted by molar-refractivity contribution is 6.10. The minimum Gasteiger partial charge on any atom is -0.289 e. The van der Waals surface area contributed by atoms with Gasteiger partial charge in [0, 0.05) is 11.1 Å². The summed E-state index contributed by atoms with van der Waals surface area (Å²) in [5, 5.41) is 2.09. The van der Waals surface area contributed by atoms with E-state index >= 15 is 0 Å². The fourth-order valence-corrected chi connectivity index (χ4v) is 2.36. The van der Waals surface area contributed by atoms with Crippen molar-refractivity contribution in [2.75, 3.05) is 0 Å². The predicted octanol–water partition coefficient (Wildman–Crippen LogP) is 4.52. The molecule has 0 spiro atoms. The zero-order chi connectivity index (χ0) is 14.1. The third-order valence-electron chi connectivity index (χ3n) is 3.32. The molecule has 0 fully saturated rings. The summed E-state index contributed by atoms with van der Waals surface area (Å²) in [7, 11) is 0. The molecule has 0 aliphatic carbocycles. The van der Waals surface area contributed by atoms with Crippen LogP contribution in [0.15, 0.2) is 60.7 Å². The smallest absolute Gasteiger partial charge is 0.193 e. The molecule has 3 aromatic rings. The van der Waals surface area contributed by atoms with E-state index in [-0.39, 0.29) is 11.6 Å². The Morgan fingerprint density at radius 1 is 0.850 bits per heavy atom. The van der Waals surface area contributed by atoms with E-state index in [0.29, 0.717) is 11.1 Å². The van der Waals surface area contributed by atoms with Crippen molar-refractivity contribution in [3.63, 3.8) is 0 Å². The molecule has 0 amide bonds. The van der Waals surface area contributed by atoms with Gasteiger partial charge in [0.2, 0.25) is 0 Å². The van der Waals surface area contributed by atoms with Crippen molar-refractivity contribution in [3.8, 4) is 0 Å². The van der Waals surface area contributed by atoms with Gasteiger partial charge < -0.3 is 0 Å². The SMILES string of the molecule is Cc1cc(F)cc(C(=O)c2ccc3ccccc3c2)c1. The number of hydrogen-bond donors (Lipinski definition) is 0. The lowest BCUT2D eigenvalue weighted by molar-refractivity contribution is 0.103. The van der Waals surface area contributed by atoms with Gasteiger partial charge >= 0.3 is 0 Å². The van der Waals surface area contributed by atoms with Crippen LogP contribution in [0.25, 0.3) is 10.8 Å². The first-order chi connectivity index (χ1) is 9.63. The van der Waals surface area contributed by atoms with Gasteiger partial charge in [-0.25, -0.2) is 4.39 Å². The summed E-state index contributed by atoms with van der Waals surface area (Å²) < 4.78 is 13.4. The van der Waals surface area contributed by atoms with Gasteiger partial charge in [-0.05, 0) is 47.5 Å². The topological polar surface area (TPSA) is 17.1 Å². The molecule has 0 atom stereocenters. The summed E-state index contributed by atoms with van der Waals surface area (Å²) in [4.78, 5) is 12.4. The lowest BCUT2D eigenvalue weighted by Gasteiger charge is -2.05. The molecular formula is C18H13FO. The molecule has 0 aliphatic heterocycles. The highest BCUT2D eigenvalue weighted by atomic mass is 19.1. The van der Waals surface area contributed by atoms with E-state index in [9.17, 15) is 9.18 Å². The highest BCUT2D eigenvalue weighted by Gasteiger charge is 2.11. The Bertz CT molecular complexity index is 785. The van der Waals surface area contributed by atoms with E-state index in [4.69, 9.17) is 0 Å². The van der Waals surface area contributed by atoms with Gasteiger partial charge in [-0.2, -0.15) is 0 Å². The first kappa shape index (κ1) is 12.5. The first-order valence-corrected chi connectivity index (χ1v) is 6.44. The summed E-state index contributed by atoms with van der Waals surface area (Å²) in [5.41, 5.74) is 1.71. The molecule has 0 heterocycles. The van der Waals surface area contributed by atoms with Crippen LogP contribution in [0.4, 0.5) is 4.39 Å². The second kappa shape index (κ2) is 4.89. The molecule has 2 heteroatoms. The van der Waals surface area contributed by atoms with E-state index in [2.05, 4.69) is 0 Å². The van der Waals surface area contributed by atoms with Crippen molar-refractivity contribution in [3.05, 3.63) is 83.2 Å². The van der Waals surface area contributed by atoms with E-state index in [1.54, 1.807) is 19.1 Å². The number of halogens is 1. The number of carbonyl (C=O) groups is 1. The van der Waals surface area contributed by atoms with Crippen molar-refractivity contribution in [2.45, 2.75) is 6.92 Å². The number of benzene rings is 3. The molecule has 0 unspecified atom stereocenters. The average Bonchev–Trinajstić information content (AvgIpc) is 2.45. The highest BCUT2D eigenvalue weighted by Crippen LogP contribution is 2.19. The maximum Gasteiger partial charge on any atom is 0.193 e. The Morgan fingerprint density at radius 3 is 2.35 bits per heavy atom. The second-order valence-electron chi connectivity index (χ2n) is 4.91. The van der Waals surface area contributed by atoms with Crippen molar-refractivity contribution in [2.24, 2.45) is 0 Å². The van der Waals surface area contributed by atoms with Gasteiger partial charge in [0.25, 0.3) is 0 Å². The van der Waals surface area contributed by atoms with Gasteiger partial charge in [0.05, 0.1) is 0 Å². The predicted molar refractivity (Wildman–Crippen MR) is 78.5 cm³/mol.